The van der Waals surface area contributed by atoms with Crippen molar-refractivity contribution in [1.82, 2.24) is 14.3 Å². The standard InChI is InChI=1S/C24H30FN5O3/c1-6-10-15(3)33-21-14-20(30-24(32)29(5)22(7-2)28-30)17(25)13-16(21)23(31)27-19-12-9-8-11-18(19)26-4/h8-9,11-15,26H,6-7,10H2,1-5H3,(H,27,31). The van der Waals surface area contributed by atoms with Gasteiger partial charge in [-0.05, 0) is 31.5 Å². The molecule has 176 valence electrons. The number of para-hydroxylation sites is 2. The van der Waals surface area contributed by atoms with Crippen LogP contribution in [0.4, 0.5) is 15.8 Å². The molecule has 0 fully saturated rings. The highest BCUT2D eigenvalue weighted by Crippen LogP contribution is 2.29. The minimum Gasteiger partial charge on any atom is -0.490 e. The predicted molar refractivity (Wildman–Crippen MR) is 127 cm³/mol. The number of benzene rings is 2. The van der Waals surface area contributed by atoms with Crippen LogP contribution in [0.2, 0.25) is 0 Å². The lowest BCUT2D eigenvalue weighted by Crippen LogP contribution is -2.24. The molecule has 9 heteroatoms. The Morgan fingerprint density at radius 2 is 1.91 bits per heavy atom. The van der Waals surface area contributed by atoms with Crippen molar-refractivity contribution in [3.8, 4) is 11.4 Å². The van der Waals surface area contributed by atoms with E-state index in [2.05, 4.69) is 15.7 Å². The van der Waals surface area contributed by atoms with Gasteiger partial charge in [-0.3, -0.25) is 9.36 Å². The molecule has 2 N–H and O–H groups in total. The number of ether oxygens (including phenoxy) is 1. The highest BCUT2D eigenvalue weighted by atomic mass is 19.1. The van der Waals surface area contributed by atoms with Crippen LogP contribution in [-0.4, -0.2) is 33.4 Å². The molecule has 1 amide bonds. The molecule has 0 aliphatic rings. The number of aromatic nitrogens is 3. The highest BCUT2D eigenvalue weighted by Gasteiger charge is 2.22. The molecule has 0 spiro atoms. The molecule has 0 saturated heterocycles. The molecule has 1 heterocycles. The minimum atomic E-state index is -0.750. The van der Waals surface area contributed by atoms with Crippen LogP contribution in [0.15, 0.2) is 41.2 Å². The zero-order chi connectivity index (χ0) is 24.1. The van der Waals surface area contributed by atoms with E-state index in [1.807, 2.05) is 32.9 Å². The molecule has 8 nitrogen and oxygen atoms in total. The van der Waals surface area contributed by atoms with Gasteiger partial charge in [-0.15, -0.1) is 5.10 Å². The fourth-order valence-electron chi connectivity index (χ4n) is 3.60. The summed E-state index contributed by atoms with van der Waals surface area (Å²) in [6, 6.07) is 9.65. The third-order valence-corrected chi connectivity index (χ3v) is 5.38. The first kappa shape index (κ1) is 24.0. The number of anilines is 2. The number of amides is 1. The summed E-state index contributed by atoms with van der Waals surface area (Å²) in [5.74, 6) is -0.570. The number of hydrogen-bond acceptors (Lipinski definition) is 5. The summed E-state index contributed by atoms with van der Waals surface area (Å²) in [6.45, 7) is 5.77. The number of halogens is 1. The molecule has 3 rings (SSSR count). The quantitative estimate of drug-likeness (QED) is 0.506. The molecular weight excluding hydrogens is 425 g/mol. The first-order valence-corrected chi connectivity index (χ1v) is 11.0. The lowest BCUT2D eigenvalue weighted by Gasteiger charge is -2.19. The van der Waals surface area contributed by atoms with Crippen molar-refractivity contribution >= 4 is 17.3 Å². The maximum Gasteiger partial charge on any atom is 0.350 e. The zero-order valence-electron chi connectivity index (χ0n) is 19.6. The van der Waals surface area contributed by atoms with Crippen LogP contribution >= 0.6 is 0 Å². The van der Waals surface area contributed by atoms with Gasteiger partial charge in [0.1, 0.15) is 23.1 Å². The Morgan fingerprint density at radius 3 is 2.52 bits per heavy atom. The van der Waals surface area contributed by atoms with Gasteiger partial charge in [-0.25, -0.2) is 9.18 Å². The van der Waals surface area contributed by atoms with Crippen LogP contribution in [0.5, 0.6) is 5.75 Å². The average Bonchev–Trinajstić information content (AvgIpc) is 3.08. The van der Waals surface area contributed by atoms with E-state index in [0.29, 0.717) is 17.9 Å². The van der Waals surface area contributed by atoms with E-state index >= 15 is 4.39 Å². The Bertz CT molecular complexity index is 1200. The summed E-state index contributed by atoms with van der Waals surface area (Å²) in [5.41, 5.74) is 0.761. The van der Waals surface area contributed by atoms with Gasteiger partial charge in [-0.2, -0.15) is 4.68 Å². The monoisotopic (exact) mass is 455 g/mol. The molecule has 0 aliphatic carbocycles. The third-order valence-electron chi connectivity index (χ3n) is 5.38. The van der Waals surface area contributed by atoms with E-state index in [0.717, 1.165) is 29.3 Å². The fraction of sp³-hybridized carbons (Fsp3) is 0.375. The second-order valence-electron chi connectivity index (χ2n) is 7.79. The van der Waals surface area contributed by atoms with E-state index in [4.69, 9.17) is 4.74 Å². The van der Waals surface area contributed by atoms with Crippen LogP contribution < -0.4 is 21.1 Å². The van der Waals surface area contributed by atoms with Crippen LogP contribution in [0.25, 0.3) is 5.69 Å². The molecule has 3 aromatic rings. The van der Waals surface area contributed by atoms with Gasteiger partial charge < -0.3 is 15.4 Å². The van der Waals surface area contributed by atoms with Gasteiger partial charge in [0.15, 0.2) is 0 Å². The van der Waals surface area contributed by atoms with Crippen molar-refractivity contribution in [3.63, 3.8) is 0 Å². The number of nitrogens with one attached hydrogen (secondary N) is 2. The Labute approximate surface area is 192 Å². The summed E-state index contributed by atoms with van der Waals surface area (Å²) in [7, 11) is 3.33. The maximum atomic E-state index is 15.2. The first-order chi connectivity index (χ1) is 15.8. The molecule has 1 atom stereocenters. The molecule has 33 heavy (non-hydrogen) atoms. The van der Waals surface area contributed by atoms with Gasteiger partial charge >= 0.3 is 5.69 Å². The number of rotatable bonds is 9. The van der Waals surface area contributed by atoms with Crippen LogP contribution in [-0.2, 0) is 13.5 Å². The molecule has 0 saturated carbocycles. The van der Waals surface area contributed by atoms with Gasteiger partial charge in [0.2, 0.25) is 0 Å². The van der Waals surface area contributed by atoms with E-state index in [-0.39, 0.29) is 23.1 Å². The predicted octanol–water partition coefficient (Wildman–Crippen LogP) is 4.13. The molecule has 0 aliphatic heterocycles. The summed E-state index contributed by atoms with van der Waals surface area (Å²) in [4.78, 5) is 25.8. The summed E-state index contributed by atoms with van der Waals surface area (Å²) in [6.07, 6.45) is 1.94. The molecule has 1 aromatic heterocycles. The van der Waals surface area contributed by atoms with Gasteiger partial charge in [0.05, 0.1) is 23.0 Å². The SMILES string of the molecule is CCCC(C)Oc1cc(-n2nc(CC)n(C)c2=O)c(F)cc1C(=O)Nc1ccccc1NC. The van der Waals surface area contributed by atoms with Crippen LogP contribution in [0.3, 0.4) is 0 Å². The zero-order valence-corrected chi connectivity index (χ0v) is 19.6. The average molecular weight is 456 g/mol. The number of aryl methyl sites for hydroxylation is 1. The Morgan fingerprint density at radius 1 is 1.21 bits per heavy atom. The van der Waals surface area contributed by atoms with Crippen LogP contribution in [0.1, 0.15) is 49.8 Å². The lowest BCUT2D eigenvalue weighted by molar-refractivity contribution is 0.101. The minimum absolute atomic E-state index is 0.0322. The normalized spacial score (nSPS) is 11.8. The maximum absolute atomic E-state index is 15.2. The van der Waals surface area contributed by atoms with Crippen molar-refractivity contribution in [1.29, 1.82) is 0 Å². The van der Waals surface area contributed by atoms with Crippen molar-refractivity contribution in [2.75, 3.05) is 17.7 Å². The fourth-order valence-corrected chi connectivity index (χ4v) is 3.60. The lowest BCUT2D eigenvalue weighted by atomic mass is 10.1. The number of carbonyl (C=O) groups excluding carboxylic acids is 1. The van der Waals surface area contributed by atoms with Gasteiger partial charge in [0.25, 0.3) is 5.91 Å². The first-order valence-electron chi connectivity index (χ1n) is 11.0. The summed E-state index contributed by atoms with van der Waals surface area (Å²) < 4.78 is 23.6. The van der Waals surface area contributed by atoms with E-state index in [1.54, 1.807) is 26.2 Å². The van der Waals surface area contributed by atoms with Crippen molar-refractivity contribution in [2.45, 2.75) is 46.1 Å². The van der Waals surface area contributed by atoms with Crippen molar-refractivity contribution in [2.24, 2.45) is 7.05 Å². The Hall–Kier alpha value is -3.62. The topological polar surface area (TPSA) is 90.2 Å². The Kier molecular flexibility index (Phi) is 7.52. The Balaban J connectivity index is 2.08. The number of hydrogen-bond donors (Lipinski definition) is 2. The molecule has 1 unspecified atom stereocenters. The molecule has 2 aromatic carbocycles. The van der Waals surface area contributed by atoms with Crippen molar-refractivity contribution in [3.05, 3.63) is 64.1 Å². The van der Waals surface area contributed by atoms with Gasteiger partial charge in [0, 0.05) is 26.6 Å². The van der Waals surface area contributed by atoms with E-state index in [9.17, 15) is 9.59 Å². The second kappa shape index (κ2) is 10.3. The van der Waals surface area contributed by atoms with Gasteiger partial charge in [-0.1, -0.05) is 32.4 Å². The molecular formula is C24H30FN5O3. The summed E-state index contributed by atoms with van der Waals surface area (Å²) in [5, 5.41) is 10.1. The molecule has 0 radical (unpaired) electrons. The number of carbonyl (C=O) groups is 1. The third kappa shape index (κ3) is 5.08. The largest absolute Gasteiger partial charge is 0.490 e. The van der Waals surface area contributed by atoms with Crippen LogP contribution in [0, 0.1) is 5.82 Å². The summed E-state index contributed by atoms with van der Waals surface area (Å²) >= 11 is 0. The smallest absolute Gasteiger partial charge is 0.350 e. The highest BCUT2D eigenvalue weighted by molar-refractivity contribution is 6.07. The second-order valence-corrected chi connectivity index (χ2v) is 7.79. The molecule has 0 bridgehead atoms. The van der Waals surface area contributed by atoms with Crippen molar-refractivity contribution < 1.29 is 13.9 Å². The van der Waals surface area contributed by atoms with E-state index in [1.165, 1.54) is 10.6 Å². The number of nitrogens with zero attached hydrogens (tertiary/aromatic N) is 3. The van der Waals surface area contributed by atoms with E-state index < -0.39 is 17.4 Å².